The molecule has 0 radical (unpaired) electrons. The van der Waals surface area contributed by atoms with Crippen LogP contribution < -0.4 is 20.5 Å². The largest absolute Gasteiger partial charge is 0.487 e. The molecule has 4 rings (SSSR count). The molecular formula is C25H29F3N4O4. The molecule has 0 bridgehead atoms. The van der Waals surface area contributed by atoms with Crippen LogP contribution in [0.5, 0.6) is 11.5 Å². The maximum absolute atomic E-state index is 13.3. The Bertz CT molecular complexity index is 1220. The zero-order valence-corrected chi connectivity index (χ0v) is 20.3. The second-order valence-electron chi connectivity index (χ2n) is 8.51. The summed E-state index contributed by atoms with van der Waals surface area (Å²) in [5.74, 6) is 1.92. The summed E-state index contributed by atoms with van der Waals surface area (Å²) < 4.78 is 63.1. The van der Waals surface area contributed by atoms with Gasteiger partial charge in [0.15, 0.2) is 11.5 Å². The van der Waals surface area contributed by atoms with Crippen molar-refractivity contribution >= 4 is 22.4 Å². The third-order valence-electron chi connectivity index (χ3n) is 5.62. The second kappa shape index (κ2) is 10.8. The molecule has 194 valence electrons. The van der Waals surface area contributed by atoms with Gasteiger partial charge in [-0.25, -0.2) is 9.97 Å². The fourth-order valence-electron chi connectivity index (χ4n) is 3.92. The molecule has 0 aliphatic carbocycles. The van der Waals surface area contributed by atoms with Crippen LogP contribution in [0.25, 0.3) is 10.9 Å². The molecule has 11 heteroatoms. The van der Waals surface area contributed by atoms with Gasteiger partial charge in [-0.1, -0.05) is 0 Å². The van der Waals surface area contributed by atoms with Crippen molar-refractivity contribution < 1.29 is 32.1 Å². The highest BCUT2D eigenvalue weighted by atomic mass is 19.4. The summed E-state index contributed by atoms with van der Waals surface area (Å²) in [6.07, 6.45) is -4.85. The number of ether oxygens (including phenoxy) is 4. The first-order valence-corrected chi connectivity index (χ1v) is 11.7. The molecule has 2 unspecified atom stereocenters. The van der Waals surface area contributed by atoms with E-state index < -0.39 is 17.8 Å². The first-order valence-electron chi connectivity index (χ1n) is 11.7. The molecule has 0 amide bonds. The summed E-state index contributed by atoms with van der Waals surface area (Å²) in [5, 5.41) is 3.85. The van der Waals surface area contributed by atoms with Crippen LogP contribution in [-0.2, 0) is 15.7 Å². The molecule has 0 saturated heterocycles. The van der Waals surface area contributed by atoms with Crippen molar-refractivity contribution in [3.8, 4) is 11.5 Å². The van der Waals surface area contributed by atoms with Crippen molar-refractivity contribution in [1.29, 1.82) is 0 Å². The van der Waals surface area contributed by atoms with Gasteiger partial charge in [0.2, 0.25) is 0 Å². The van der Waals surface area contributed by atoms with Gasteiger partial charge in [-0.15, -0.1) is 0 Å². The highest BCUT2D eigenvalue weighted by molar-refractivity contribution is 5.92. The van der Waals surface area contributed by atoms with Crippen LogP contribution in [-0.4, -0.2) is 49.1 Å². The molecule has 8 nitrogen and oxygen atoms in total. The molecule has 3 aromatic rings. The molecule has 3 N–H and O–H groups in total. The lowest BCUT2D eigenvalue weighted by molar-refractivity contribution is -0.137. The first kappa shape index (κ1) is 25.8. The van der Waals surface area contributed by atoms with E-state index in [1.807, 2.05) is 6.92 Å². The molecule has 0 fully saturated rings. The zero-order chi connectivity index (χ0) is 25.9. The average molecular weight is 507 g/mol. The van der Waals surface area contributed by atoms with E-state index >= 15 is 0 Å². The van der Waals surface area contributed by atoms with Crippen LogP contribution >= 0.6 is 0 Å². The van der Waals surface area contributed by atoms with Crippen LogP contribution in [0, 0.1) is 6.92 Å². The van der Waals surface area contributed by atoms with E-state index in [9.17, 15) is 13.2 Å². The minimum Gasteiger partial charge on any atom is -0.487 e. The number of fused-ring (bicyclic) bond motifs is 2. The van der Waals surface area contributed by atoms with Gasteiger partial charge in [-0.2, -0.15) is 13.2 Å². The number of hydrogen-bond acceptors (Lipinski definition) is 8. The van der Waals surface area contributed by atoms with Gasteiger partial charge in [0, 0.05) is 23.7 Å². The summed E-state index contributed by atoms with van der Waals surface area (Å²) in [4.78, 5) is 9.04. The van der Waals surface area contributed by atoms with Crippen molar-refractivity contribution in [2.45, 2.75) is 39.1 Å². The molecule has 1 aliphatic rings. The van der Waals surface area contributed by atoms with Crippen LogP contribution in [0.4, 0.5) is 24.7 Å². The number of hydrogen-bond donors (Lipinski definition) is 2. The molecule has 1 aromatic heterocycles. The Balaban J connectivity index is 1.71. The number of nitrogens with one attached hydrogen (secondary N) is 1. The minimum absolute atomic E-state index is 0.0303. The standard InChI is InChI=1S/C25H29F3N4O4/c1-4-33-12-19-13-34-5-6-35-22-11-21-20(10-23(22)36-19)24(32-15(3)31-21)30-14(2)16-7-17(25(26,27)28)9-18(29)8-16/h7-11,14,19H,4-6,12-13,29H2,1-3H3,(H,30,31,32). The quantitative estimate of drug-likeness (QED) is 0.455. The lowest BCUT2D eigenvalue weighted by Gasteiger charge is -2.21. The number of nitrogens with zero attached hydrogens (tertiary/aromatic N) is 2. The number of nitrogen functional groups attached to an aromatic ring is 1. The normalized spacial score (nSPS) is 17.2. The Labute approximate surface area is 206 Å². The van der Waals surface area contributed by atoms with Gasteiger partial charge in [-0.3, -0.25) is 0 Å². The SMILES string of the molecule is CCOCC1COCCOc2cc3nc(C)nc(NC(C)c4cc(N)cc(C(F)(F)F)c4)c3cc2O1. The molecule has 2 heterocycles. The number of anilines is 2. The fraction of sp³-hybridized carbons (Fsp3) is 0.440. The van der Waals surface area contributed by atoms with E-state index in [0.29, 0.717) is 72.6 Å². The van der Waals surface area contributed by atoms with Gasteiger partial charge in [-0.05, 0) is 50.6 Å². The third kappa shape index (κ3) is 6.08. The number of halogens is 3. The van der Waals surface area contributed by atoms with Gasteiger partial charge in [0.25, 0.3) is 0 Å². The monoisotopic (exact) mass is 506 g/mol. The lowest BCUT2D eigenvalue weighted by Crippen LogP contribution is -2.28. The Morgan fingerprint density at radius 2 is 1.94 bits per heavy atom. The smallest absolute Gasteiger partial charge is 0.416 e. The zero-order valence-electron chi connectivity index (χ0n) is 20.3. The van der Waals surface area contributed by atoms with Crippen molar-refractivity contribution in [3.63, 3.8) is 0 Å². The van der Waals surface area contributed by atoms with E-state index in [1.165, 1.54) is 6.07 Å². The molecule has 0 saturated carbocycles. The predicted octanol–water partition coefficient (Wildman–Crippen LogP) is 4.91. The number of aromatic nitrogens is 2. The first-order chi connectivity index (χ1) is 17.1. The topological polar surface area (TPSA) is 101 Å². The molecule has 0 spiro atoms. The molecule has 2 aromatic carbocycles. The molecule has 1 aliphatic heterocycles. The van der Waals surface area contributed by atoms with Gasteiger partial charge >= 0.3 is 6.18 Å². The lowest BCUT2D eigenvalue weighted by atomic mass is 10.0. The summed E-state index contributed by atoms with van der Waals surface area (Å²) in [6, 6.07) is 6.51. The van der Waals surface area contributed by atoms with E-state index in [4.69, 9.17) is 24.7 Å². The number of alkyl halides is 3. The Hall–Kier alpha value is -3.31. The summed E-state index contributed by atoms with van der Waals surface area (Å²) in [5.41, 5.74) is 5.97. The summed E-state index contributed by atoms with van der Waals surface area (Å²) in [7, 11) is 0. The third-order valence-corrected chi connectivity index (χ3v) is 5.62. The Kier molecular flexibility index (Phi) is 7.70. The molecule has 36 heavy (non-hydrogen) atoms. The number of nitrogens with two attached hydrogens (primary N) is 1. The Morgan fingerprint density at radius 3 is 2.69 bits per heavy atom. The molecular weight excluding hydrogens is 477 g/mol. The van der Waals surface area contributed by atoms with Crippen LogP contribution in [0.2, 0.25) is 0 Å². The average Bonchev–Trinajstić information content (AvgIpc) is 2.90. The summed E-state index contributed by atoms with van der Waals surface area (Å²) in [6.45, 7) is 7.34. The van der Waals surface area contributed by atoms with Crippen molar-refractivity contribution in [2.75, 3.05) is 44.1 Å². The van der Waals surface area contributed by atoms with Crippen molar-refractivity contribution in [2.24, 2.45) is 0 Å². The van der Waals surface area contributed by atoms with Crippen LogP contribution in [0.15, 0.2) is 30.3 Å². The van der Waals surface area contributed by atoms with Gasteiger partial charge in [0.05, 0.1) is 36.9 Å². The van der Waals surface area contributed by atoms with Crippen molar-refractivity contribution in [3.05, 3.63) is 47.3 Å². The van der Waals surface area contributed by atoms with Gasteiger partial charge < -0.3 is 30.0 Å². The van der Waals surface area contributed by atoms with E-state index in [1.54, 1.807) is 26.0 Å². The van der Waals surface area contributed by atoms with Gasteiger partial charge in [0.1, 0.15) is 24.4 Å². The highest BCUT2D eigenvalue weighted by Gasteiger charge is 2.31. The predicted molar refractivity (Wildman–Crippen MR) is 129 cm³/mol. The summed E-state index contributed by atoms with van der Waals surface area (Å²) >= 11 is 0. The van der Waals surface area contributed by atoms with Crippen LogP contribution in [0.1, 0.15) is 36.8 Å². The van der Waals surface area contributed by atoms with E-state index in [0.717, 1.165) is 12.1 Å². The van der Waals surface area contributed by atoms with Crippen molar-refractivity contribution in [1.82, 2.24) is 9.97 Å². The minimum atomic E-state index is -4.50. The number of benzene rings is 2. The van der Waals surface area contributed by atoms with E-state index in [-0.39, 0.29) is 11.8 Å². The second-order valence-corrected chi connectivity index (χ2v) is 8.51. The fourth-order valence-corrected chi connectivity index (χ4v) is 3.92. The van der Waals surface area contributed by atoms with Crippen LogP contribution in [0.3, 0.4) is 0 Å². The Morgan fingerprint density at radius 1 is 1.14 bits per heavy atom. The van der Waals surface area contributed by atoms with E-state index in [2.05, 4.69) is 15.3 Å². The number of rotatable bonds is 6. The number of aryl methyl sites for hydroxylation is 1. The highest BCUT2D eigenvalue weighted by Crippen LogP contribution is 2.37. The maximum atomic E-state index is 13.3. The maximum Gasteiger partial charge on any atom is 0.416 e. The molecule has 2 atom stereocenters.